The second-order valence-corrected chi connectivity index (χ2v) is 5.27. The zero-order chi connectivity index (χ0) is 15.4. The van der Waals surface area contributed by atoms with Crippen molar-refractivity contribution in [2.45, 2.75) is 32.2 Å². The van der Waals surface area contributed by atoms with Crippen LogP contribution in [0.25, 0.3) is 0 Å². The Morgan fingerprint density at radius 3 is 2.90 bits per heavy atom. The predicted octanol–water partition coefficient (Wildman–Crippen LogP) is 1.88. The Hall–Kier alpha value is -2.11. The average Bonchev–Trinajstić information content (AvgIpc) is 2.88. The first-order valence-electron chi connectivity index (χ1n) is 6.88. The van der Waals surface area contributed by atoms with Gasteiger partial charge in [-0.25, -0.2) is 4.39 Å². The highest BCUT2D eigenvalue weighted by Gasteiger charge is 2.33. The second kappa shape index (κ2) is 6.56. The third-order valence-electron chi connectivity index (χ3n) is 3.63. The van der Waals surface area contributed by atoms with Crippen molar-refractivity contribution >= 4 is 11.9 Å². The highest BCUT2D eigenvalue weighted by atomic mass is 19.1. The maximum Gasteiger partial charge on any atom is 0.308 e. The van der Waals surface area contributed by atoms with Gasteiger partial charge in [0.25, 0.3) is 5.91 Å². The van der Waals surface area contributed by atoms with Gasteiger partial charge in [-0.1, -0.05) is 12.5 Å². The molecule has 2 atom stereocenters. The molecule has 0 saturated heterocycles. The van der Waals surface area contributed by atoms with Gasteiger partial charge in [0, 0.05) is 6.04 Å². The summed E-state index contributed by atoms with van der Waals surface area (Å²) < 4.78 is 18.6. The minimum Gasteiger partial charge on any atom is -0.481 e. The second-order valence-electron chi connectivity index (χ2n) is 5.27. The summed E-state index contributed by atoms with van der Waals surface area (Å²) in [5.74, 6) is -2.40. The van der Waals surface area contributed by atoms with Gasteiger partial charge in [-0.2, -0.15) is 0 Å². The van der Waals surface area contributed by atoms with Gasteiger partial charge in [-0.05, 0) is 37.5 Å². The number of rotatable bonds is 5. The molecule has 1 aromatic rings. The first-order valence-corrected chi connectivity index (χ1v) is 6.88. The van der Waals surface area contributed by atoms with E-state index in [4.69, 9.17) is 9.84 Å². The van der Waals surface area contributed by atoms with E-state index in [-0.39, 0.29) is 18.4 Å². The third-order valence-corrected chi connectivity index (χ3v) is 3.63. The lowest BCUT2D eigenvalue weighted by molar-refractivity contribution is -0.142. The number of ether oxygens (including phenoxy) is 1. The SMILES string of the molecule is Cc1ccc(F)c(OCC(=O)N[C@@H]2CCC[C@@H]2C(=O)O)c1. The summed E-state index contributed by atoms with van der Waals surface area (Å²) in [5, 5.41) is 11.7. The quantitative estimate of drug-likeness (QED) is 0.869. The number of carboxylic acids is 1. The Bertz CT molecular complexity index is 546. The molecule has 0 bridgehead atoms. The van der Waals surface area contributed by atoms with Gasteiger partial charge in [-0.15, -0.1) is 0 Å². The summed E-state index contributed by atoms with van der Waals surface area (Å²) in [6.07, 6.45) is 1.98. The van der Waals surface area contributed by atoms with Crippen molar-refractivity contribution < 1.29 is 23.8 Å². The van der Waals surface area contributed by atoms with Crippen LogP contribution in [-0.4, -0.2) is 29.6 Å². The van der Waals surface area contributed by atoms with Crippen LogP contribution in [0.2, 0.25) is 0 Å². The van der Waals surface area contributed by atoms with Gasteiger partial charge in [0.15, 0.2) is 18.2 Å². The third kappa shape index (κ3) is 3.93. The Balaban J connectivity index is 1.87. The van der Waals surface area contributed by atoms with E-state index in [2.05, 4.69) is 5.32 Å². The lowest BCUT2D eigenvalue weighted by Gasteiger charge is -2.17. The lowest BCUT2D eigenvalue weighted by Crippen LogP contribution is -2.42. The molecule has 0 radical (unpaired) electrons. The van der Waals surface area contributed by atoms with Crippen molar-refractivity contribution in [1.82, 2.24) is 5.32 Å². The number of carbonyl (C=O) groups is 2. The maximum absolute atomic E-state index is 13.5. The van der Waals surface area contributed by atoms with E-state index in [0.717, 1.165) is 12.0 Å². The molecule has 0 heterocycles. The van der Waals surface area contributed by atoms with Gasteiger partial charge < -0.3 is 15.2 Å². The van der Waals surface area contributed by atoms with E-state index >= 15 is 0 Å². The number of hydrogen-bond acceptors (Lipinski definition) is 3. The topological polar surface area (TPSA) is 75.6 Å². The number of carbonyl (C=O) groups excluding carboxylic acids is 1. The molecular weight excluding hydrogens is 277 g/mol. The van der Waals surface area contributed by atoms with Crippen LogP contribution in [0.4, 0.5) is 4.39 Å². The molecule has 1 saturated carbocycles. The zero-order valence-corrected chi connectivity index (χ0v) is 11.8. The van der Waals surface area contributed by atoms with Crippen molar-refractivity contribution in [3.8, 4) is 5.75 Å². The molecule has 1 amide bonds. The summed E-state index contributed by atoms with van der Waals surface area (Å²) >= 11 is 0. The number of nitrogens with one attached hydrogen (secondary N) is 1. The number of amides is 1. The molecule has 1 aromatic carbocycles. The van der Waals surface area contributed by atoms with Crippen molar-refractivity contribution in [3.05, 3.63) is 29.6 Å². The van der Waals surface area contributed by atoms with E-state index < -0.39 is 23.6 Å². The maximum atomic E-state index is 13.5. The van der Waals surface area contributed by atoms with E-state index in [9.17, 15) is 14.0 Å². The molecule has 1 fully saturated rings. The van der Waals surface area contributed by atoms with E-state index in [1.807, 2.05) is 0 Å². The van der Waals surface area contributed by atoms with E-state index in [1.54, 1.807) is 13.0 Å². The van der Waals surface area contributed by atoms with Crippen LogP contribution in [0.1, 0.15) is 24.8 Å². The Morgan fingerprint density at radius 1 is 1.43 bits per heavy atom. The molecule has 21 heavy (non-hydrogen) atoms. The molecule has 2 N–H and O–H groups in total. The molecule has 5 nitrogen and oxygen atoms in total. The van der Waals surface area contributed by atoms with Crippen LogP contribution in [0.15, 0.2) is 18.2 Å². The van der Waals surface area contributed by atoms with Crippen LogP contribution >= 0.6 is 0 Å². The fourth-order valence-electron chi connectivity index (χ4n) is 2.54. The summed E-state index contributed by atoms with van der Waals surface area (Å²) in [4.78, 5) is 22.8. The van der Waals surface area contributed by atoms with Gasteiger partial charge in [0.2, 0.25) is 0 Å². The Labute approximate surface area is 122 Å². The van der Waals surface area contributed by atoms with Crippen LogP contribution in [-0.2, 0) is 9.59 Å². The highest BCUT2D eigenvalue weighted by molar-refractivity contribution is 5.79. The minimum atomic E-state index is -0.900. The van der Waals surface area contributed by atoms with Crippen molar-refractivity contribution in [3.63, 3.8) is 0 Å². The summed E-state index contributed by atoms with van der Waals surface area (Å²) in [7, 11) is 0. The largest absolute Gasteiger partial charge is 0.481 e. The summed E-state index contributed by atoms with van der Waals surface area (Å²) in [6.45, 7) is 1.46. The molecule has 2 rings (SSSR count). The zero-order valence-electron chi connectivity index (χ0n) is 11.8. The van der Waals surface area contributed by atoms with Crippen LogP contribution in [0.3, 0.4) is 0 Å². The molecule has 1 aliphatic carbocycles. The van der Waals surface area contributed by atoms with Crippen molar-refractivity contribution in [2.75, 3.05) is 6.61 Å². The van der Waals surface area contributed by atoms with Crippen LogP contribution in [0.5, 0.6) is 5.75 Å². The summed E-state index contributed by atoms with van der Waals surface area (Å²) in [6, 6.07) is 4.03. The van der Waals surface area contributed by atoms with Crippen molar-refractivity contribution in [1.29, 1.82) is 0 Å². The molecule has 0 unspecified atom stereocenters. The van der Waals surface area contributed by atoms with Gasteiger partial charge in [-0.3, -0.25) is 9.59 Å². The molecule has 1 aliphatic rings. The molecular formula is C15H18FNO4. The number of benzene rings is 1. The van der Waals surface area contributed by atoms with Crippen LogP contribution < -0.4 is 10.1 Å². The number of hydrogen-bond donors (Lipinski definition) is 2. The standard InChI is InChI=1S/C15H18FNO4/c1-9-5-6-11(16)13(7-9)21-8-14(18)17-12-4-2-3-10(12)15(19)20/h5-7,10,12H,2-4,8H2,1H3,(H,17,18)(H,19,20)/t10-,12+/m0/s1. The monoisotopic (exact) mass is 295 g/mol. The fraction of sp³-hybridized carbons (Fsp3) is 0.467. The van der Waals surface area contributed by atoms with Gasteiger partial charge in [0.1, 0.15) is 0 Å². The molecule has 0 aliphatic heterocycles. The average molecular weight is 295 g/mol. The number of aliphatic carboxylic acids is 1. The van der Waals surface area contributed by atoms with Gasteiger partial charge in [0.05, 0.1) is 5.92 Å². The predicted molar refractivity (Wildman–Crippen MR) is 73.5 cm³/mol. The Kier molecular flexibility index (Phi) is 4.77. The molecule has 114 valence electrons. The molecule has 6 heteroatoms. The van der Waals surface area contributed by atoms with Crippen molar-refractivity contribution in [2.24, 2.45) is 5.92 Å². The first-order chi connectivity index (χ1) is 9.97. The van der Waals surface area contributed by atoms with E-state index in [1.165, 1.54) is 12.1 Å². The highest BCUT2D eigenvalue weighted by Crippen LogP contribution is 2.25. The minimum absolute atomic E-state index is 0.0198. The smallest absolute Gasteiger partial charge is 0.308 e. The van der Waals surface area contributed by atoms with Crippen LogP contribution in [0, 0.1) is 18.7 Å². The number of carboxylic acid groups (broad SMARTS) is 1. The normalized spacial score (nSPS) is 21.0. The van der Waals surface area contributed by atoms with E-state index in [0.29, 0.717) is 12.8 Å². The molecule has 0 spiro atoms. The summed E-state index contributed by atoms with van der Waals surface area (Å²) in [5.41, 5.74) is 0.827. The lowest BCUT2D eigenvalue weighted by atomic mass is 10.0. The fourth-order valence-corrected chi connectivity index (χ4v) is 2.54. The first kappa shape index (κ1) is 15.3. The van der Waals surface area contributed by atoms with Gasteiger partial charge >= 0.3 is 5.97 Å². The Morgan fingerprint density at radius 2 is 2.19 bits per heavy atom. The number of aryl methyl sites for hydroxylation is 1. The number of halogens is 1. The molecule has 0 aromatic heterocycles.